The molecule has 0 aliphatic heterocycles. The molecule has 1 amide bonds. The van der Waals surface area contributed by atoms with Crippen molar-refractivity contribution in [2.45, 2.75) is 46.7 Å². The Kier molecular flexibility index (Phi) is 6.02. The third-order valence-electron chi connectivity index (χ3n) is 4.77. The van der Waals surface area contributed by atoms with Crippen molar-refractivity contribution in [2.24, 2.45) is 5.92 Å². The average Bonchev–Trinajstić information content (AvgIpc) is 2.87. The molecule has 5 nitrogen and oxygen atoms in total. The molecule has 1 aromatic heterocycles. The Morgan fingerprint density at radius 1 is 1.20 bits per heavy atom. The van der Waals surface area contributed by atoms with E-state index in [2.05, 4.69) is 9.88 Å². The van der Waals surface area contributed by atoms with Crippen LogP contribution in [-0.4, -0.2) is 27.6 Å². The number of carboxylic acids is 1. The largest absolute Gasteiger partial charge is 0.480 e. The highest BCUT2D eigenvalue weighted by atomic mass is 16.4. The Morgan fingerprint density at radius 2 is 1.84 bits per heavy atom. The average molecular weight is 342 g/mol. The zero-order chi connectivity index (χ0) is 18.6. The van der Waals surface area contributed by atoms with E-state index in [9.17, 15) is 14.7 Å². The molecule has 2 aromatic rings. The van der Waals surface area contributed by atoms with Gasteiger partial charge in [0, 0.05) is 17.9 Å². The van der Waals surface area contributed by atoms with Crippen molar-refractivity contribution in [3.63, 3.8) is 0 Å². The highest BCUT2D eigenvalue weighted by Gasteiger charge is 2.27. The third kappa shape index (κ3) is 4.29. The normalized spacial score (nSPS) is 13.3. The number of rotatable bonds is 7. The molecule has 0 spiro atoms. The topological polar surface area (TPSA) is 71.3 Å². The summed E-state index contributed by atoms with van der Waals surface area (Å²) in [6.45, 7) is 8.27. The van der Waals surface area contributed by atoms with E-state index in [0.29, 0.717) is 18.5 Å². The number of carbonyl (C=O) groups is 2. The number of amides is 1. The fourth-order valence-corrected chi connectivity index (χ4v) is 2.94. The SMILES string of the molecule is CC[C@H](C)[C@H](NC(=O)c1cc(C)n(Cc2ccccc2)c1C)C(=O)O. The maximum absolute atomic E-state index is 12.6. The molecule has 5 heteroatoms. The zero-order valence-electron chi connectivity index (χ0n) is 15.2. The van der Waals surface area contributed by atoms with E-state index in [4.69, 9.17) is 0 Å². The van der Waals surface area contributed by atoms with Gasteiger partial charge in [-0.2, -0.15) is 0 Å². The van der Waals surface area contributed by atoms with E-state index in [1.165, 1.54) is 0 Å². The standard InChI is InChI=1S/C20H26N2O3/c1-5-13(2)18(20(24)25)21-19(23)17-11-14(3)22(15(17)4)12-16-9-7-6-8-10-16/h6-11,13,18H,5,12H2,1-4H3,(H,21,23)(H,24,25)/t13-,18-/m0/s1. The molecule has 0 saturated heterocycles. The van der Waals surface area contributed by atoms with Crippen LogP contribution in [0.5, 0.6) is 0 Å². The van der Waals surface area contributed by atoms with E-state index >= 15 is 0 Å². The summed E-state index contributed by atoms with van der Waals surface area (Å²) in [6.07, 6.45) is 0.685. The molecule has 0 fully saturated rings. The number of benzene rings is 1. The second-order valence-corrected chi connectivity index (χ2v) is 6.53. The van der Waals surface area contributed by atoms with E-state index in [1.807, 2.05) is 64.1 Å². The second-order valence-electron chi connectivity index (χ2n) is 6.53. The molecule has 1 heterocycles. The minimum atomic E-state index is -0.999. The van der Waals surface area contributed by atoms with Gasteiger partial charge >= 0.3 is 5.97 Å². The zero-order valence-corrected chi connectivity index (χ0v) is 15.2. The number of hydrogen-bond donors (Lipinski definition) is 2. The fourth-order valence-electron chi connectivity index (χ4n) is 2.94. The van der Waals surface area contributed by atoms with Gasteiger partial charge in [0.1, 0.15) is 6.04 Å². The summed E-state index contributed by atoms with van der Waals surface area (Å²) in [5, 5.41) is 12.1. The molecule has 2 atom stereocenters. The van der Waals surface area contributed by atoms with Gasteiger partial charge in [-0.25, -0.2) is 4.79 Å². The summed E-state index contributed by atoms with van der Waals surface area (Å²) >= 11 is 0. The van der Waals surface area contributed by atoms with Crippen LogP contribution in [0.3, 0.4) is 0 Å². The summed E-state index contributed by atoms with van der Waals surface area (Å²) < 4.78 is 2.07. The Labute approximate surface area is 148 Å². The Hall–Kier alpha value is -2.56. The molecule has 0 bridgehead atoms. The van der Waals surface area contributed by atoms with Crippen molar-refractivity contribution in [1.29, 1.82) is 0 Å². The summed E-state index contributed by atoms with van der Waals surface area (Å²) in [6, 6.07) is 11.0. The first-order valence-corrected chi connectivity index (χ1v) is 8.59. The van der Waals surface area contributed by atoms with Crippen molar-refractivity contribution in [3.05, 3.63) is 58.9 Å². The fraction of sp³-hybridized carbons (Fsp3) is 0.400. The molecule has 0 radical (unpaired) electrons. The number of carboxylic acid groups (broad SMARTS) is 1. The lowest BCUT2D eigenvalue weighted by Crippen LogP contribution is -2.45. The number of nitrogens with zero attached hydrogens (tertiary/aromatic N) is 1. The van der Waals surface area contributed by atoms with Gasteiger partial charge in [-0.15, -0.1) is 0 Å². The first kappa shape index (κ1) is 18.8. The molecule has 0 aliphatic carbocycles. The van der Waals surface area contributed by atoms with Crippen molar-refractivity contribution < 1.29 is 14.7 Å². The van der Waals surface area contributed by atoms with Crippen molar-refractivity contribution in [3.8, 4) is 0 Å². The van der Waals surface area contributed by atoms with Gasteiger partial charge in [0.2, 0.25) is 0 Å². The number of aromatic nitrogens is 1. The molecule has 2 N–H and O–H groups in total. The summed E-state index contributed by atoms with van der Waals surface area (Å²) in [7, 11) is 0. The van der Waals surface area contributed by atoms with E-state index in [-0.39, 0.29) is 11.8 Å². The van der Waals surface area contributed by atoms with Crippen LogP contribution in [0.2, 0.25) is 0 Å². The Bertz CT molecular complexity index is 750. The predicted octanol–water partition coefficient (Wildman–Crippen LogP) is 3.38. The van der Waals surface area contributed by atoms with Crippen molar-refractivity contribution in [2.75, 3.05) is 0 Å². The van der Waals surface area contributed by atoms with Gasteiger partial charge in [-0.05, 0) is 31.4 Å². The number of aryl methyl sites for hydroxylation is 1. The number of nitrogens with one attached hydrogen (secondary N) is 1. The Morgan fingerprint density at radius 3 is 2.40 bits per heavy atom. The Balaban J connectivity index is 2.23. The molecule has 134 valence electrons. The van der Waals surface area contributed by atoms with Crippen molar-refractivity contribution >= 4 is 11.9 Å². The van der Waals surface area contributed by atoms with Crippen LogP contribution in [0.1, 0.15) is 47.6 Å². The highest BCUT2D eigenvalue weighted by Crippen LogP contribution is 2.18. The minimum absolute atomic E-state index is 0.130. The third-order valence-corrected chi connectivity index (χ3v) is 4.77. The molecule has 0 aliphatic rings. The van der Waals surface area contributed by atoms with Crippen LogP contribution in [0.25, 0.3) is 0 Å². The lowest BCUT2D eigenvalue weighted by atomic mass is 9.99. The summed E-state index contributed by atoms with van der Waals surface area (Å²) in [4.78, 5) is 24.1. The number of carbonyl (C=O) groups excluding carboxylic acids is 1. The summed E-state index contributed by atoms with van der Waals surface area (Å²) in [5.41, 5.74) is 3.50. The smallest absolute Gasteiger partial charge is 0.326 e. The van der Waals surface area contributed by atoms with Gasteiger partial charge in [0.25, 0.3) is 5.91 Å². The van der Waals surface area contributed by atoms with Crippen LogP contribution < -0.4 is 5.32 Å². The minimum Gasteiger partial charge on any atom is -0.480 e. The first-order valence-electron chi connectivity index (χ1n) is 8.59. The van der Waals surface area contributed by atoms with Gasteiger partial charge < -0.3 is 15.0 Å². The quantitative estimate of drug-likeness (QED) is 0.810. The molecular weight excluding hydrogens is 316 g/mol. The maximum Gasteiger partial charge on any atom is 0.326 e. The maximum atomic E-state index is 12.6. The molecule has 1 aromatic carbocycles. The van der Waals surface area contributed by atoms with Gasteiger partial charge in [0.05, 0.1) is 5.56 Å². The lowest BCUT2D eigenvalue weighted by Gasteiger charge is -2.20. The van der Waals surface area contributed by atoms with Crippen molar-refractivity contribution in [1.82, 2.24) is 9.88 Å². The van der Waals surface area contributed by atoms with Crippen LogP contribution in [0.15, 0.2) is 36.4 Å². The monoisotopic (exact) mass is 342 g/mol. The van der Waals surface area contributed by atoms with E-state index in [0.717, 1.165) is 17.0 Å². The van der Waals surface area contributed by atoms with E-state index < -0.39 is 12.0 Å². The van der Waals surface area contributed by atoms with Gasteiger partial charge in [-0.1, -0.05) is 50.6 Å². The summed E-state index contributed by atoms with van der Waals surface area (Å²) in [5.74, 6) is -1.46. The lowest BCUT2D eigenvalue weighted by molar-refractivity contribution is -0.140. The van der Waals surface area contributed by atoms with E-state index in [1.54, 1.807) is 0 Å². The predicted molar refractivity (Wildman–Crippen MR) is 97.8 cm³/mol. The van der Waals surface area contributed by atoms with Gasteiger partial charge in [0.15, 0.2) is 0 Å². The second kappa shape index (κ2) is 8.01. The molecule has 2 rings (SSSR count). The van der Waals surface area contributed by atoms with Crippen LogP contribution in [0.4, 0.5) is 0 Å². The number of hydrogen-bond acceptors (Lipinski definition) is 2. The molecule has 0 saturated carbocycles. The van der Waals surface area contributed by atoms with Crippen LogP contribution in [0, 0.1) is 19.8 Å². The molecule has 0 unspecified atom stereocenters. The van der Waals surface area contributed by atoms with Gasteiger partial charge in [-0.3, -0.25) is 4.79 Å². The highest BCUT2D eigenvalue weighted by molar-refractivity contribution is 5.98. The first-order chi connectivity index (χ1) is 11.8. The van der Waals surface area contributed by atoms with Crippen LogP contribution >= 0.6 is 0 Å². The van der Waals surface area contributed by atoms with Crippen LogP contribution in [-0.2, 0) is 11.3 Å². The molecular formula is C20H26N2O3. The molecule has 25 heavy (non-hydrogen) atoms. The number of aliphatic carboxylic acids is 1.